The van der Waals surface area contributed by atoms with Gasteiger partial charge < -0.3 is 24.2 Å². The molecule has 0 aromatic carbocycles. The molecule has 10 heteroatoms. The van der Waals surface area contributed by atoms with Crippen molar-refractivity contribution in [2.75, 3.05) is 13.3 Å². The van der Waals surface area contributed by atoms with Gasteiger partial charge in [-0.3, -0.25) is 14.6 Å². The van der Waals surface area contributed by atoms with Crippen molar-refractivity contribution in [2.24, 2.45) is 7.05 Å². The molecule has 0 aliphatic rings. The zero-order chi connectivity index (χ0) is 25.7. The van der Waals surface area contributed by atoms with Gasteiger partial charge >= 0.3 is 0 Å². The lowest BCUT2D eigenvalue weighted by molar-refractivity contribution is 0.0939. The number of hydrogen-bond donors (Lipinski definition) is 2. The van der Waals surface area contributed by atoms with Crippen molar-refractivity contribution in [1.29, 1.82) is 0 Å². The van der Waals surface area contributed by atoms with Crippen LogP contribution in [0.4, 0.5) is 0 Å². The summed E-state index contributed by atoms with van der Waals surface area (Å²) in [7, 11) is -0.932. The van der Waals surface area contributed by atoms with Gasteiger partial charge in [0.25, 0.3) is 11.5 Å². The van der Waals surface area contributed by atoms with Crippen LogP contribution >= 0.6 is 18.5 Å². The van der Waals surface area contributed by atoms with E-state index in [1.54, 1.807) is 45.0 Å². The molecule has 0 aliphatic carbocycles. The number of fused-ring (bicyclic) bond motifs is 1. The highest BCUT2D eigenvalue weighted by atomic mass is 32.1. The summed E-state index contributed by atoms with van der Waals surface area (Å²) < 4.78 is 21.6. The molecule has 4 aromatic heterocycles. The summed E-state index contributed by atoms with van der Waals surface area (Å²) in [5.74, 6) is 0.933. The van der Waals surface area contributed by atoms with Gasteiger partial charge in [-0.25, -0.2) is 0 Å². The number of pyridine rings is 2. The van der Waals surface area contributed by atoms with Gasteiger partial charge in [-0.15, -0.1) is 11.3 Å². The largest absolute Gasteiger partial charge is 0.455 e. The molecular formula is C25H29N4O4PS. The van der Waals surface area contributed by atoms with Crippen LogP contribution in [-0.4, -0.2) is 39.8 Å². The zero-order valence-corrected chi connectivity index (χ0v) is 22.6. The molecule has 0 bridgehead atoms. The minimum Gasteiger partial charge on any atom is -0.455 e. The Morgan fingerprint density at radius 2 is 1.86 bits per heavy atom. The fraction of sp³-hybridized carbons (Fsp3) is 0.320. The molecular weight excluding hydrogens is 483 g/mol. The number of nitrogens with zero attached hydrogens (tertiary/aromatic N) is 2. The van der Waals surface area contributed by atoms with E-state index < -0.39 is 7.14 Å². The number of nitrogens with one attached hydrogen (secondary N) is 2. The molecule has 0 fully saturated rings. The van der Waals surface area contributed by atoms with E-state index in [0.29, 0.717) is 38.3 Å². The number of carbonyl (C=O) groups excluding carboxylic acids is 1. The van der Waals surface area contributed by atoms with Gasteiger partial charge in [-0.1, -0.05) is 0 Å². The van der Waals surface area contributed by atoms with Gasteiger partial charge in [0.15, 0.2) is 0 Å². The van der Waals surface area contributed by atoms with Crippen molar-refractivity contribution in [2.45, 2.75) is 33.7 Å². The second-order valence-corrected chi connectivity index (χ2v) is 13.9. The summed E-state index contributed by atoms with van der Waals surface area (Å²) in [6.07, 6.45) is 5.19. The van der Waals surface area contributed by atoms with E-state index in [9.17, 15) is 14.2 Å². The third-order valence-corrected chi connectivity index (χ3v) is 9.29. The van der Waals surface area contributed by atoms with E-state index >= 15 is 0 Å². The highest BCUT2D eigenvalue weighted by molar-refractivity contribution is 7.75. The number of aromatic nitrogens is 3. The molecule has 0 radical (unpaired) electrons. The fourth-order valence-corrected chi connectivity index (χ4v) is 6.26. The SMILES string of the molecule is Cc1cncc(C)c1Oc1cc(P(C)(C)=O)sc1-c1cn(C)c(=O)c2[nH]c(C(=O)NC(C)C)cc12. The topological polar surface area (TPSA) is 106 Å². The number of aromatic amines is 1. The molecule has 4 rings (SSSR count). The number of rotatable bonds is 6. The Morgan fingerprint density at radius 3 is 2.46 bits per heavy atom. The molecule has 8 nitrogen and oxygen atoms in total. The second kappa shape index (κ2) is 9.13. The Labute approximate surface area is 207 Å². The number of aryl methyl sites for hydroxylation is 3. The first-order valence-electron chi connectivity index (χ1n) is 11.2. The van der Waals surface area contributed by atoms with E-state index in [-0.39, 0.29) is 17.5 Å². The van der Waals surface area contributed by atoms with Gasteiger partial charge in [-0.2, -0.15) is 0 Å². The van der Waals surface area contributed by atoms with Crippen molar-refractivity contribution in [3.63, 3.8) is 0 Å². The minimum absolute atomic E-state index is 0.0498. The van der Waals surface area contributed by atoms with Gasteiger partial charge in [0.05, 0.1) is 9.50 Å². The van der Waals surface area contributed by atoms with Gasteiger partial charge in [0.1, 0.15) is 29.9 Å². The second-order valence-electron chi connectivity index (χ2n) is 9.39. The van der Waals surface area contributed by atoms with Crippen LogP contribution in [0.3, 0.4) is 0 Å². The predicted molar refractivity (Wildman–Crippen MR) is 142 cm³/mol. The average molecular weight is 513 g/mol. The molecule has 35 heavy (non-hydrogen) atoms. The van der Waals surface area contributed by atoms with Crippen molar-refractivity contribution in [3.05, 3.63) is 57.9 Å². The summed E-state index contributed by atoms with van der Waals surface area (Å²) in [4.78, 5) is 33.5. The molecule has 0 spiro atoms. The maximum Gasteiger partial charge on any atom is 0.274 e. The van der Waals surface area contributed by atoms with Gasteiger partial charge in [0.2, 0.25) is 0 Å². The molecule has 4 heterocycles. The summed E-state index contributed by atoms with van der Waals surface area (Å²) >= 11 is 1.37. The molecule has 2 N–H and O–H groups in total. The smallest absolute Gasteiger partial charge is 0.274 e. The van der Waals surface area contributed by atoms with Crippen molar-refractivity contribution in [3.8, 4) is 21.9 Å². The third-order valence-electron chi connectivity index (χ3n) is 5.55. The molecule has 4 aromatic rings. The van der Waals surface area contributed by atoms with Crippen LogP contribution in [0, 0.1) is 13.8 Å². The Bertz CT molecular complexity index is 1540. The van der Waals surface area contributed by atoms with E-state index in [0.717, 1.165) is 16.0 Å². The molecule has 184 valence electrons. The molecule has 0 saturated heterocycles. The minimum atomic E-state index is -2.60. The van der Waals surface area contributed by atoms with Crippen LogP contribution in [0.25, 0.3) is 21.3 Å². The number of hydrogen-bond acceptors (Lipinski definition) is 6. The van der Waals surface area contributed by atoms with E-state index in [2.05, 4.69) is 15.3 Å². The zero-order valence-electron chi connectivity index (χ0n) is 20.8. The monoisotopic (exact) mass is 512 g/mol. The summed E-state index contributed by atoms with van der Waals surface area (Å²) in [5.41, 5.74) is 2.84. The molecule has 1 amide bonds. The molecule has 0 atom stereocenters. The third kappa shape index (κ3) is 4.83. The Hall–Kier alpha value is -3.16. The Balaban J connectivity index is 1.97. The number of ether oxygens (including phenoxy) is 1. The maximum absolute atomic E-state index is 13.0. The molecule has 0 saturated carbocycles. The van der Waals surface area contributed by atoms with Crippen LogP contribution in [0.2, 0.25) is 0 Å². The first kappa shape index (κ1) is 24.9. The first-order chi connectivity index (χ1) is 16.4. The lowest BCUT2D eigenvalue weighted by atomic mass is 10.1. The van der Waals surface area contributed by atoms with E-state index in [1.165, 1.54) is 15.9 Å². The molecule has 0 unspecified atom stereocenters. The van der Waals surface area contributed by atoms with E-state index in [4.69, 9.17) is 4.74 Å². The van der Waals surface area contributed by atoms with Crippen molar-refractivity contribution in [1.82, 2.24) is 19.9 Å². The average Bonchev–Trinajstić information content (AvgIpc) is 3.38. The van der Waals surface area contributed by atoms with Crippen molar-refractivity contribution >= 4 is 39.9 Å². The number of amides is 1. The summed E-state index contributed by atoms with van der Waals surface area (Å²) in [6.45, 7) is 11.0. The fourth-order valence-electron chi connectivity index (χ4n) is 3.83. The number of carbonyl (C=O) groups is 1. The normalized spacial score (nSPS) is 11.9. The highest BCUT2D eigenvalue weighted by Crippen LogP contribution is 2.47. The quantitative estimate of drug-likeness (QED) is 0.362. The Morgan fingerprint density at radius 1 is 1.20 bits per heavy atom. The lowest BCUT2D eigenvalue weighted by Gasteiger charge is -2.12. The number of thiophene rings is 1. The highest BCUT2D eigenvalue weighted by Gasteiger charge is 2.25. The van der Waals surface area contributed by atoms with Crippen LogP contribution in [0.15, 0.2) is 35.5 Å². The predicted octanol–water partition coefficient (Wildman–Crippen LogP) is 4.79. The lowest BCUT2D eigenvalue weighted by Crippen LogP contribution is -2.30. The van der Waals surface area contributed by atoms with Gasteiger partial charge in [0, 0.05) is 59.8 Å². The van der Waals surface area contributed by atoms with E-state index in [1.807, 2.05) is 33.8 Å². The van der Waals surface area contributed by atoms with Crippen LogP contribution < -0.4 is 20.2 Å². The summed E-state index contributed by atoms with van der Waals surface area (Å²) in [5, 5.41) is 3.45. The van der Waals surface area contributed by atoms with Crippen molar-refractivity contribution < 1.29 is 14.1 Å². The van der Waals surface area contributed by atoms with Crippen LogP contribution in [-0.2, 0) is 11.6 Å². The van der Waals surface area contributed by atoms with Crippen LogP contribution in [0.5, 0.6) is 11.5 Å². The number of H-pyrrole nitrogens is 1. The van der Waals surface area contributed by atoms with Gasteiger partial charge in [-0.05, 0) is 47.1 Å². The maximum atomic E-state index is 13.0. The summed E-state index contributed by atoms with van der Waals surface area (Å²) in [6, 6.07) is 3.45. The molecule has 0 aliphatic heterocycles. The van der Waals surface area contributed by atoms with Crippen LogP contribution in [0.1, 0.15) is 35.5 Å². The Kier molecular flexibility index (Phi) is 6.51. The first-order valence-corrected chi connectivity index (χ1v) is 14.6. The standard InChI is InChI=1S/C25H29N4O4PS/c1-13(2)27-24(30)18-8-16-17(12-29(5)25(31)21(16)28-18)23-19(9-20(35-23)34(6,7)32)33-22-14(3)10-26-11-15(22)4/h8-13,28H,1-7H3,(H,27,30).